The zero-order valence-electron chi connectivity index (χ0n) is 23.4. The van der Waals surface area contributed by atoms with Gasteiger partial charge in [0.1, 0.15) is 11.2 Å². The number of nitrogens with zero attached hydrogens (tertiary/aromatic N) is 3. The van der Waals surface area contributed by atoms with E-state index in [-0.39, 0.29) is 0 Å². The van der Waals surface area contributed by atoms with Gasteiger partial charge in [0.2, 0.25) is 0 Å². The predicted octanol–water partition coefficient (Wildman–Crippen LogP) is 10.8. The Morgan fingerprint density at radius 1 is 0.409 bits per heavy atom. The van der Waals surface area contributed by atoms with Gasteiger partial charge in [0.15, 0.2) is 17.5 Å². The van der Waals surface area contributed by atoms with E-state index in [4.69, 9.17) is 19.4 Å². The highest BCUT2D eigenvalue weighted by molar-refractivity contribution is 7.26. The van der Waals surface area contributed by atoms with E-state index < -0.39 is 0 Å². The monoisotopic (exact) mass is 581 g/mol. The Morgan fingerprint density at radius 2 is 0.955 bits per heavy atom. The number of aromatic nitrogens is 3. The van der Waals surface area contributed by atoms with E-state index in [0.29, 0.717) is 17.5 Å². The molecule has 9 rings (SSSR count). The van der Waals surface area contributed by atoms with Crippen molar-refractivity contribution in [1.29, 1.82) is 0 Å². The van der Waals surface area contributed by atoms with Crippen molar-refractivity contribution in [3.8, 4) is 45.3 Å². The lowest BCUT2D eigenvalue weighted by atomic mass is 10.0. The molecular formula is C39H23N3OS. The lowest BCUT2D eigenvalue weighted by Gasteiger charge is -2.08. The van der Waals surface area contributed by atoms with Crippen molar-refractivity contribution in [1.82, 2.24) is 15.0 Å². The maximum absolute atomic E-state index is 6.51. The summed E-state index contributed by atoms with van der Waals surface area (Å²) in [5.41, 5.74) is 6.79. The van der Waals surface area contributed by atoms with Crippen LogP contribution in [0.1, 0.15) is 0 Å². The molecule has 0 saturated carbocycles. The van der Waals surface area contributed by atoms with Gasteiger partial charge >= 0.3 is 0 Å². The second kappa shape index (κ2) is 9.97. The highest BCUT2D eigenvalue weighted by atomic mass is 32.1. The summed E-state index contributed by atoms with van der Waals surface area (Å²) >= 11 is 1.84. The molecule has 4 nitrogen and oxygen atoms in total. The SMILES string of the molecule is c1ccc(-c2nc(-c3ccccc3)nc(-c3ccc4c(c3)oc3cc(-c5cccc6c5sc5ccccc56)ccc34)n2)cc1. The largest absolute Gasteiger partial charge is 0.456 e. The van der Waals surface area contributed by atoms with E-state index in [2.05, 4.69) is 72.8 Å². The molecule has 3 aromatic heterocycles. The summed E-state index contributed by atoms with van der Waals surface area (Å²) in [5.74, 6) is 1.88. The molecule has 0 radical (unpaired) electrons. The predicted molar refractivity (Wildman–Crippen MR) is 182 cm³/mol. The quantitative estimate of drug-likeness (QED) is 0.207. The molecule has 0 aliphatic rings. The van der Waals surface area contributed by atoms with Gasteiger partial charge in [-0.3, -0.25) is 0 Å². The van der Waals surface area contributed by atoms with E-state index in [9.17, 15) is 0 Å². The van der Waals surface area contributed by atoms with Crippen LogP contribution in [-0.2, 0) is 0 Å². The zero-order chi connectivity index (χ0) is 29.0. The van der Waals surface area contributed by atoms with Crippen LogP contribution in [0.25, 0.3) is 87.4 Å². The van der Waals surface area contributed by atoms with Gasteiger partial charge in [-0.25, -0.2) is 15.0 Å². The third kappa shape index (κ3) is 4.09. The second-order valence-corrected chi connectivity index (χ2v) is 11.9. The van der Waals surface area contributed by atoms with Crippen LogP contribution >= 0.6 is 11.3 Å². The third-order valence-electron chi connectivity index (χ3n) is 8.15. The van der Waals surface area contributed by atoms with Gasteiger partial charge in [0, 0.05) is 47.6 Å². The molecule has 0 fully saturated rings. The van der Waals surface area contributed by atoms with Crippen LogP contribution in [0.4, 0.5) is 0 Å². The molecule has 0 atom stereocenters. The first kappa shape index (κ1) is 24.9. The third-order valence-corrected chi connectivity index (χ3v) is 9.37. The first-order valence-electron chi connectivity index (χ1n) is 14.5. The van der Waals surface area contributed by atoms with Crippen molar-refractivity contribution < 1.29 is 4.42 Å². The summed E-state index contributed by atoms with van der Waals surface area (Å²) < 4.78 is 9.11. The minimum Gasteiger partial charge on any atom is -0.456 e. The number of fused-ring (bicyclic) bond motifs is 6. The Bertz CT molecular complexity index is 2440. The first-order chi connectivity index (χ1) is 21.8. The lowest BCUT2D eigenvalue weighted by molar-refractivity contribution is 0.669. The lowest BCUT2D eigenvalue weighted by Crippen LogP contribution is -2.00. The summed E-state index contributed by atoms with van der Waals surface area (Å²) in [7, 11) is 0. The first-order valence-corrected chi connectivity index (χ1v) is 15.3. The number of furan rings is 1. The molecule has 0 aliphatic heterocycles. The minimum atomic E-state index is 0.609. The van der Waals surface area contributed by atoms with Gasteiger partial charge in [-0.15, -0.1) is 11.3 Å². The molecular weight excluding hydrogens is 559 g/mol. The van der Waals surface area contributed by atoms with Crippen LogP contribution in [0.3, 0.4) is 0 Å². The highest BCUT2D eigenvalue weighted by Gasteiger charge is 2.16. The van der Waals surface area contributed by atoms with E-state index >= 15 is 0 Å². The molecule has 0 spiro atoms. The van der Waals surface area contributed by atoms with Gasteiger partial charge in [-0.2, -0.15) is 0 Å². The average Bonchev–Trinajstić information content (AvgIpc) is 3.66. The van der Waals surface area contributed by atoms with Crippen LogP contribution in [0.2, 0.25) is 0 Å². The van der Waals surface area contributed by atoms with E-state index in [0.717, 1.165) is 44.2 Å². The average molecular weight is 582 g/mol. The van der Waals surface area contributed by atoms with Crippen LogP contribution in [-0.4, -0.2) is 15.0 Å². The van der Waals surface area contributed by atoms with Crippen molar-refractivity contribution in [2.75, 3.05) is 0 Å². The van der Waals surface area contributed by atoms with Crippen molar-refractivity contribution in [3.05, 3.63) is 140 Å². The molecule has 0 aliphatic carbocycles. The summed E-state index contributed by atoms with van der Waals surface area (Å²) in [6.07, 6.45) is 0. The fourth-order valence-electron chi connectivity index (χ4n) is 6.00. The summed E-state index contributed by atoms with van der Waals surface area (Å²) in [6.45, 7) is 0. The summed E-state index contributed by atoms with van der Waals surface area (Å²) in [4.78, 5) is 14.6. The molecule has 5 heteroatoms. The van der Waals surface area contributed by atoms with Gasteiger partial charge in [0.05, 0.1) is 0 Å². The van der Waals surface area contributed by atoms with E-state index in [1.54, 1.807) is 0 Å². The van der Waals surface area contributed by atoms with E-state index in [1.165, 1.54) is 25.7 Å². The normalized spacial score (nSPS) is 11.6. The van der Waals surface area contributed by atoms with Crippen molar-refractivity contribution in [2.45, 2.75) is 0 Å². The smallest absolute Gasteiger partial charge is 0.164 e. The van der Waals surface area contributed by atoms with Gasteiger partial charge in [0.25, 0.3) is 0 Å². The maximum atomic E-state index is 6.51. The Hall–Kier alpha value is -5.65. The van der Waals surface area contributed by atoms with E-state index in [1.807, 2.05) is 78.1 Å². The number of thiophene rings is 1. The maximum Gasteiger partial charge on any atom is 0.164 e. The standard InChI is InChI=1S/C39H23N3OS/c1-3-10-24(11-4-1)37-40-38(25-12-5-2-6-13-25)42-39(41-37)27-19-21-30-29-20-18-26(22-33(29)43-34(30)23-27)28-15-9-16-32-31-14-7-8-17-35(31)44-36(28)32/h1-23H. The Kier molecular flexibility index (Phi) is 5.64. The fraction of sp³-hybridized carbons (Fsp3) is 0. The molecule has 0 saturated heterocycles. The van der Waals surface area contributed by atoms with Crippen molar-refractivity contribution in [2.24, 2.45) is 0 Å². The number of benzene rings is 6. The van der Waals surface area contributed by atoms with Crippen molar-refractivity contribution in [3.63, 3.8) is 0 Å². The van der Waals surface area contributed by atoms with Gasteiger partial charge in [-0.05, 0) is 41.5 Å². The Labute approximate surface area is 256 Å². The van der Waals surface area contributed by atoms with Crippen molar-refractivity contribution >= 4 is 53.4 Å². The number of hydrogen-bond acceptors (Lipinski definition) is 5. The molecule has 0 amide bonds. The van der Waals surface area contributed by atoms with Crippen LogP contribution in [0, 0.1) is 0 Å². The molecule has 3 heterocycles. The van der Waals surface area contributed by atoms with Crippen LogP contribution in [0.5, 0.6) is 0 Å². The molecule has 0 unspecified atom stereocenters. The molecule has 9 aromatic rings. The molecule has 6 aromatic carbocycles. The molecule has 44 heavy (non-hydrogen) atoms. The zero-order valence-corrected chi connectivity index (χ0v) is 24.3. The summed E-state index contributed by atoms with van der Waals surface area (Å²) in [5, 5.41) is 4.75. The van der Waals surface area contributed by atoms with Gasteiger partial charge in [-0.1, -0.05) is 109 Å². The summed E-state index contributed by atoms with van der Waals surface area (Å²) in [6, 6.07) is 48.0. The molecule has 0 bridgehead atoms. The topological polar surface area (TPSA) is 51.8 Å². The van der Waals surface area contributed by atoms with Crippen LogP contribution in [0.15, 0.2) is 144 Å². The minimum absolute atomic E-state index is 0.609. The number of hydrogen-bond donors (Lipinski definition) is 0. The molecule has 206 valence electrons. The fourth-order valence-corrected chi connectivity index (χ4v) is 7.23. The number of rotatable bonds is 4. The highest BCUT2D eigenvalue weighted by Crippen LogP contribution is 2.41. The second-order valence-electron chi connectivity index (χ2n) is 10.8. The molecule has 0 N–H and O–H groups in total. The van der Waals surface area contributed by atoms with Crippen LogP contribution < -0.4 is 0 Å². The van der Waals surface area contributed by atoms with Gasteiger partial charge < -0.3 is 4.42 Å². The Morgan fingerprint density at radius 3 is 1.64 bits per heavy atom. The Balaban J connectivity index is 1.17.